The smallest absolute Gasteiger partial charge is 0.354 e. The molecule has 0 bridgehead atoms. The molecule has 2 N–H and O–H groups in total. The summed E-state index contributed by atoms with van der Waals surface area (Å²) in [5.41, 5.74) is 0.0112. The van der Waals surface area contributed by atoms with E-state index in [4.69, 9.17) is 5.11 Å². The highest BCUT2D eigenvalue weighted by Gasteiger charge is 2.05. The van der Waals surface area contributed by atoms with E-state index in [2.05, 4.69) is 29.1 Å². The second-order valence-corrected chi connectivity index (χ2v) is 3.68. The molecule has 0 aliphatic rings. The van der Waals surface area contributed by atoms with Crippen LogP contribution in [0.1, 0.15) is 30.8 Å². The Morgan fingerprint density at radius 3 is 2.93 bits per heavy atom. The van der Waals surface area contributed by atoms with E-state index in [9.17, 15) is 4.79 Å². The minimum Gasteiger partial charge on any atom is -0.477 e. The van der Waals surface area contributed by atoms with Crippen molar-refractivity contribution in [1.82, 2.24) is 9.97 Å². The molecule has 0 aliphatic carbocycles. The van der Waals surface area contributed by atoms with Gasteiger partial charge in [0.2, 0.25) is 5.95 Å². The van der Waals surface area contributed by atoms with Crippen molar-refractivity contribution in [3.8, 4) is 0 Å². The zero-order valence-corrected chi connectivity index (χ0v) is 8.90. The SMILES string of the molecule is CC(C)CCNc1nccc(C(=O)O)n1. The molecule has 1 aromatic heterocycles. The number of nitrogens with one attached hydrogen (secondary N) is 1. The van der Waals surface area contributed by atoms with E-state index >= 15 is 0 Å². The van der Waals surface area contributed by atoms with Crippen LogP contribution in [0, 0.1) is 5.92 Å². The molecule has 0 spiro atoms. The molecule has 1 rings (SSSR count). The number of anilines is 1. The topological polar surface area (TPSA) is 75.1 Å². The largest absolute Gasteiger partial charge is 0.477 e. The maximum Gasteiger partial charge on any atom is 0.354 e. The highest BCUT2D eigenvalue weighted by Crippen LogP contribution is 2.03. The summed E-state index contributed by atoms with van der Waals surface area (Å²) >= 11 is 0. The van der Waals surface area contributed by atoms with Gasteiger partial charge in [-0.25, -0.2) is 14.8 Å². The quantitative estimate of drug-likeness (QED) is 0.770. The fourth-order valence-corrected chi connectivity index (χ4v) is 1.04. The number of carbonyl (C=O) groups is 1. The van der Waals surface area contributed by atoms with Crippen molar-refractivity contribution in [2.45, 2.75) is 20.3 Å². The van der Waals surface area contributed by atoms with E-state index in [0.717, 1.165) is 13.0 Å². The Morgan fingerprint density at radius 2 is 2.33 bits per heavy atom. The van der Waals surface area contributed by atoms with Gasteiger partial charge in [0.05, 0.1) is 0 Å². The van der Waals surface area contributed by atoms with Crippen LogP contribution in [-0.2, 0) is 0 Å². The third-order valence-electron chi connectivity index (χ3n) is 1.88. The first-order chi connectivity index (χ1) is 7.09. The predicted octanol–water partition coefficient (Wildman–Crippen LogP) is 1.63. The van der Waals surface area contributed by atoms with E-state index in [0.29, 0.717) is 11.9 Å². The number of carboxylic acid groups (broad SMARTS) is 1. The first-order valence-corrected chi connectivity index (χ1v) is 4.90. The first kappa shape index (κ1) is 11.4. The van der Waals surface area contributed by atoms with Gasteiger partial charge in [0.1, 0.15) is 0 Å². The van der Waals surface area contributed by atoms with Gasteiger partial charge in [-0.05, 0) is 18.4 Å². The molecule has 0 radical (unpaired) electrons. The number of hydrogen-bond donors (Lipinski definition) is 2. The molecule has 0 atom stereocenters. The summed E-state index contributed by atoms with van der Waals surface area (Å²) in [5, 5.41) is 11.7. The summed E-state index contributed by atoms with van der Waals surface area (Å²) < 4.78 is 0. The molecule has 82 valence electrons. The average Bonchev–Trinajstić information content (AvgIpc) is 2.17. The summed E-state index contributed by atoms with van der Waals surface area (Å²) in [6.07, 6.45) is 2.44. The van der Waals surface area contributed by atoms with Gasteiger partial charge in [0.25, 0.3) is 0 Å². The van der Waals surface area contributed by atoms with Crippen molar-refractivity contribution >= 4 is 11.9 Å². The second-order valence-electron chi connectivity index (χ2n) is 3.68. The van der Waals surface area contributed by atoms with Crippen molar-refractivity contribution in [2.24, 2.45) is 5.92 Å². The predicted molar refractivity (Wildman–Crippen MR) is 56.9 cm³/mol. The van der Waals surface area contributed by atoms with Crippen LogP contribution in [0.5, 0.6) is 0 Å². The summed E-state index contributed by atoms with van der Waals surface area (Å²) in [5.74, 6) is -0.0694. The molecular weight excluding hydrogens is 194 g/mol. The summed E-state index contributed by atoms with van der Waals surface area (Å²) in [6.45, 7) is 4.99. The Kier molecular flexibility index (Phi) is 4.03. The monoisotopic (exact) mass is 209 g/mol. The van der Waals surface area contributed by atoms with Crippen LogP contribution in [-0.4, -0.2) is 27.6 Å². The number of aromatic nitrogens is 2. The standard InChI is InChI=1S/C10H15N3O2/c1-7(2)3-5-11-10-12-6-4-8(13-10)9(14)15/h4,6-7H,3,5H2,1-2H3,(H,14,15)(H,11,12,13). The van der Waals surface area contributed by atoms with Gasteiger partial charge in [0.15, 0.2) is 5.69 Å². The summed E-state index contributed by atoms with van der Waals surface area (Å²) in [4.78, 5) is 18.4. The Bertz CT molecular complexity index is 339. The van der Waals surface area contributed by atoms with Crippen molar-refractivity contribution in [3.05, 3.63) is 18.0 Å². The molecule has 1 heterocycles. The zero-order chi connectivity index (χ0) is 11.3. The van der Waals surface area contributed by atoms with Gasteiger partial charge in [-0.1, -0.05) is 13.8 Å². The van der Waals surface area contributed by atoms with Crippen LogP contribution in [0.2, 0.25) is 0 Å². The third kappa shape index (κ3) is 3.93. The van der Waals surface area contributed by atoms with Crippen molar-refractivity contribution in [3.63, 3.8) is 0 Å². The molecule has 1 aromatic rings. The normalized spacial score (nSPS) is 10.3. The van der Waals surface area contributed by atoms with Crippen molar-refractivity contribution in [1.29, 1.82) is 0 Å². The molecule has 0 fully saturated rings. The highest BCUT2D eigenvalue weighted by atomic mass is 16.4. The number of nitrogens with zero attached hydrogens (tertiary/aromatic N) is 2. The van der Waals surface area contributed by atoms with Gasteiger partial charge >= 0.3 is 5.97 Å². The van der Waals surface area contributed by atoms with Crippen LogP contribution in [0.15, 0.2) is 12.3 Å². The molecule has 0 aliphatic heterocycles. The minimum absolute atomic E-state index is 0.0112. The van der Waals surface area contributed by atoms with Crippen LogP contribution in [0.25, 0.3) is 0 Å². The van der Waals surface area contributed by atoms with Gasteiger partial charge in [0, 0.05) is 12.7 Å². The Hall–Kier alpha value is -1.65. The van der Waals surface area contributed by atoms with Crippen molar-refractivity contribution < 1.29 is 9.90 Å². The zero-order valence-electron chi connectivity index (χ0n) is 8.90. The Morgan fingerprint density at radius 1 is 1.60 bits per heavy atom. The lowest BCUT2D eigenvalue weighted by molar-refractivity contribution is 0.0690. The van der Waals surface area contributed by atoms with Gasteiger partial charge < -0.3 is 10.4 Å². The van der Waals surface area contributed by atoms with E-state index in [-0.39, 0.29) is 5.69 Å². The highest BCUT2D eigenvalue weighted by molar-refractivity contribution is 5.85. The van der Waals surface area contributed by atoms with Crippen LogP contribution in [0.4, 0.5) is 5.95 Å². The van der Waals surface area contributed by atoms with E-state index in [1.54, 1.807) is 0 Å². The van der Waals surface area contributed by atoms with E-state index in [1.807, 2.05) is 0 Å². The third-order valence-corrected chi connectivity index (χ3v) is 1.88. The molecule has 0 saturated carbocycles. The maximum atomic E-state index is 10.6. The Balaban J connectivity index is 2.54. The number of rotatable bonds is 5. The fourth-order valence-electron chi connectivity index (χ4n) is 1.04. The maximum absolute atomic E-state index is 10.6. The molecule has 5 nitrogen and oxygen atoms in total. The van der Waals surface area contributed by atoms with Gasteiger partial charge in [-0.3, -0.25) is 0 Å². The summed E-state index contributed by atoms with van der Waals surface area (Å²) in [6, 6.07) is 1.37. The Labute approximate surface area is 88.6 Å². The number of carboxylic acids is 1. The number of hydrogen-bond acceptors (Lipinski definition) is 4. The minimum atomic E-state index is -1.04. The average molecular weight is 209 g/mol. The molecule has 0 aromatic carbocycles. The van der Waals surface area contributed by atoms with Gasteiger partial charge in [-0.15, -0.1) is 0 Å². The second kappa shape index (κ2) is 5.29. The van der Waals surface area contributed by atoms with E-state index in [1.165, 1.54) is 12.3 Å². The molecule has 0 amide bonds. The van der Waals surface area contributed by atoms with Crippen molar-refractivity contribution in [2.75, 3.05) is 11.9 Å². The summed E-state index contributed by atoms with van der Waals surface area (Å²) in [7, 11) is 0. The number of aromatic carboxylic acids is 1. The van der Waals surface area contributed by atoms with E-state index < -0.39 is 5.97 Å². The van der Waals surface area contributed by atoms with Crippen LogP contribution >= 0.6 is 0 Å². The lowest BCUT2D eigenvalue weighted by atomic mass is 10.1. The molecule has 0 unspecified atom stereocenters. The fraction of sp³-hybridized carbons (Fsp3) is 0.500. The molecule has 15 heavy (non-hydrogen) atoms. The first-order valence-electron chi connectivity index (χ1n) is 4.90. The molecule has 5 heteroatoms. The molecular formula is C10H15N3O2. The van der Waals surface area contributed by atoms with Crippen LogP contribution in [0.3, 0.4) is 0 Å². The van der Waals surface area contributed by atoms with Crippen LogP contribution < -0.4 is 5.32 Å². The lowest BCUT2D eigenvalue weighted by Crippen LogP contribution is -2.10. The van der Waals surface area contributed by atoms with Gasteiger partial charge in [-0.2, -0.15) is 0 Å². The molecule has 0 saturated heterocycles. The lowest BCUT2D eigenvalue weighted by Gasteiger charge is -2.06.